The summed E-state index contributed by atoms with van der Waals surface area (Å²) in [5, 5.41) is 0. The summed E-state index contributed by atoms with van der Waals surface area (Å²) in [6.07, 6.45) is 69.6. The van der Waals surface area contributed by atoms with Crippen LogP contribution >= 0.6 is 0 Å². The fourth-order valence-corrected chi connectivity index (χ4v) is 7.09. The van der Waals surface area contributed by atoms with E-state index in [0.29, 0.717) is 19.3 Å². The maximum Gasteiger partial charge on any atom is 0.306 e. The van der Waals surface area contributed by atoms with Crippen LogP contribution in [0, 0.1) is 0 Å². The number of carbonyl (C=O) groups is 3. The van der Waals surface area contributed by atoms with Gasteiger partial charge in [0, 0.05) is 19.3 Å². The minimum absolute atomic E-state index is 0.103. The van der Waals surface area contributed by atoms with Crippen LogP contribution in [-0.2, 0) is 28.6 Å². The molecule has 0 fully saturated rings. The Morgan fingerprint density at radius 3 is 0.985 bits per heavy atom. The van der Waals surface area contributed by atoms with Gasteiger partial charge >= 0.3 is 17.9 Å². The Morgan fingerprint density at radius 1 is 0.323 bits per heavy atom. The van der Waals surface area contributed by atoms with Crippen LogP contribution in [0.15, 0.2) is 97.2 Å². The molecule has 0 aliphatic rings. The molecule has 0 unspecified atom stereocenters. The van der Waals surface area contributed by atoms with Crippen LogP contribution < -0.4 is 0 Å². The molecule has 0 rings (SSSR count). The van der Waals surface area contributed by atoms with E-state index in [-0.39, 0.29) is 37.5 Å². The Labute approximate surface area is 400 Å². The lowest BCUT2D eigenvalue weighted by Gasteiger charge is -2.18. The Morgan fingerprint density at radius 2 is 0.600 bits per heavy atom. The predicted octanol–water partition coefficient (Wildman–Crippen LogP) is 17.8. The van der Waals surface area contributed by atoms with Crippen LogP contribution in [0.3, 0.4) is 0 Å². The average molecular weight is 903 g/mol. The lowest BCUT2D eigenvalue weighted by atomic mass is 10.1. The SMILES string of the molecule is CC/C=C\C/C=C\C/C=C\C/C=C\CCCCC(=O)O[C@H](COC(=O)CCCCCCC/C=C\C/C=C\C/C=C\CC)COC(=O)CCCCCCCCC/C=C\CCCCCCCC. The highest BCUT2D eigenvalue weighted by atomic mass is 16.6. The maximum atomic E-state index is 12.8. The van der Waals surface area contributed by atoms with Gasteiger partial charge in [0.25, 0.3) is 0 Å². The molecule has 0 aliphatic heterocycles. The molecule has 0 aromatic rings. The zero-order chi connectivity index (χ0) is 47.2. The fraction of sp³-hybridized carbons (Fsp3) is 0.678. The first-order valence-corrected chi connectivity index (χ1v) is 26.7. The molecule has 0 aromatic carbocycles. The summed E-state index contributed by atoms with van der Waals surface area (Å²) in [5.74, 6) is -0.968. The van der Waals surface area contributed by atoms with Crippen molar-refractivity contribution in [2.24, 2.45) is 0 Å². The summed E-state index contributed by atoms with van der Waals surface area (Å²) in [6.45, 7) is 6.35. The Bertz CT molecular complexity index is 1310. The average Bonchev–Trinajstić information content (AvgIpc) is 3.30. The Hall–Kier alpha value is -3.67. The van der Waals surface area contributed by atoms with Crippen molar-refractivity contribution in [1.29, 1.82) is 0 Å². The van der Waals surface area contributed by atoms with E-state index in [0.717, 1.165) is 116 Å². The van der Waals surface area contributed by atoms with Crippen molar-refractivity contribution in [3.63, 3.8) is 0 Å². The number of ether oxygens (including phenoxy) is 3. The van der Waals surface area contributed by atoms with Gasteiger partial charge < -0.3 is 14.2 Å². The molecule has 0 saturated carbocycles. The molecule has 0 aromatic heterocycles. The van der Waals surface area contributed by atoms with E-state index in [1.165, 1.54) is 77.0 Å². The number of carbonyl (C=O) groups excluding carboxylic acids is 3. The van der Waals surface area contributed by atoms with Crippen molar-refractivity contribution in [3.05, 3.63) is 97.2 Å². The first-order chi connectivity index (χ1) is 32.0. The molecule has 370 valence electrons. The van der Waals surface area contributed by atoms with E-state index in [1.54, 1.807) is 0 Å². The molecule has 0 radical (unpaired) electrons. The van der Waals surface area contributed by atoms with E-state index in [1.807, 2.05) is 0 Å². The predicted molar refractivity (Wildman–Crippen MR) is 279 cm³/mol. The largest absolute Gasteiger partial charge is 0.462 e. The van der Waals surface area contributed by atoms with Crippen LogP contribution in [-0.4, -0.2) is 37.2 Å². The highest BCUT2D eigenvalue weighted by molar-refractivity contribution is 5.71. The second kappa shape index (κ2) is 52.9. The summed E-state index contributed by atoms with van der Waals surface area (Å²) in [7, 11) is 0. The van der Waals surface area contributed by atoms with Gasteiger partial charge in [-0.15, -0.1) is 0 Å². The van der Waals surface area contributed by atoms with E-state index in [2.05, 4.69) is 118 Å². The molecule has 0 heterocycles. The number of unbranched alkanes of at least 4 members (excludes halogenated alkanes) is 20. The third-order valence-corrected chi connectivity index (χ3v) is 11.1. The standard InChI is InChI=1S/C59H98O6/c1-4-7-10-13-16-19-22-25-28-29-32-34-37-40-43-46-49-52-58(61)64-55-56(65-59(62)53-50-47-44-41-38-35-31-27-24-21-18-15-12-9-6-3)54-63-57(60)51-48-45-42-39-36-33-30-26-23-20-17-14-11-8-5-2/h8-9,11-12,17-18,20-21,25-28,30-31,38,41,56H,4-7,10,13-16,19,22-24,29,32-37,39-40,42-55H2,1-3H3/b11-8-,12-9-,20-17-,21-18-,28-25-,30-26-,31-27-,41-38-/t56-/m1/s1. The van der Waals surface area contributed by atoms with E-state index >= 15 is 0 Å². The van der Waals surface area contributed by atoms with Crippen LogP contribution in [0.5, 0.6) is 0 Å². The molecular formula is C59H98O6. The van der Waals surface area contributed by atoms with E-state index in [9.17, 15) is 14.4 Å². The quantitative estimate of drug-likeness (QED) is 0.0262. The van der Waals surface area contributed by atoms with Crippen LogP contribution in [0.1, 0.15) is 239 Å². The minimum atomic E-state index is -0.809. The maximum absolute atomic E-state index is 12.8. The zero-order valence-corrected chi connectivity index (χ0v) is 42.2. The van der Waals surface area contributed by atoms with Crippen LogP contribution in [0.2, 0.25) is 0 Å². The van der Waals surface area contributed by atoms with Crippen molar-refractivity contribution in [2.45, 2.75) is 245 Å². The van der Waals surface area contributed by atoms with Gasteiger partial charge in [0.2, 0.25) is 0 Å². The smallest absolute Gasteiger partial charge is 0.306 e. The van der Waals surface area contributed by atoms with Gasteiger partial charge in [0.1, 0.15) is 13.2 Å². The second-order valence-corrected chi connectivity index (χ2v) is 17.4. The van der Waals surface area contributed by atoms with Gasteiger partial charge in [-0.05, 0) is 116 Å². The molecule has 6 heteroatoms. The Kier molecular flexibility index (Phi) is 50.0. The highest BCUT2D eigenvalue weighted by Gasteiger charge is 2.19. The van der Waals surface area contributed by atoms with Crippen molar-refractivity contribution < 1.29 is 28.6 Å². The van der Waals surface area contributed by atoms with Crippen molar-refractivity contribution in [1.82, 2.24) is 0 Å². The van der Waals surface area contributed by atoms with Gasteiger partial charge in [0.05, 0.1) is 0 Å². The number of esters is 3. The van der Waals surface area contributed by atoms with Crippen molar-refractivity contribution in [3.8, 4) is 0 Å². The zero-order valence-electron chi connectivity index (χ0n) is 42.2. The normalized spacial score (nSPS) is 12.8. The molecule has 6 nitrogen and oxygen atoms in total. The van der Waals surface area contributed by atoms with Crippen LogP contribution in [0.25, 0.3) is 0 Å². The summed E-state index contributed by atoms with van der Waals surface area (Å²) in [6, 6.07) is 0. The first kappa shape index (κ1) is 61.3. The number of rotatable bonds is 47. The molecular weight excluding hydrogens is 805 g/mol. The van der Waals surface area contributed by atoms with Crippen molar-refractivity contribution in [2.75, 3.05) is 13.2 Å². The third kappa shape index (κ3) is 51.2. The van der Waals surface area contributed by atoms with Gasteiger partial charge in [-0.1, -0.05) is 201 Å². The van der Waals surface area contributed by atoms with Gasteiger partial charge in [-0.25, -0.2) is 0 Å². The number of hydrogen-bond acceptors (Lipinski definition) is 6. The van der Waals surface area contributed by atoms with Gasteiger partial charge in [-0.3, -0.25) is 14.4 Å². The molecule has 1 atom stereocenters. The van der Waals surface area contributed by atoms with E-state index in [4.69, 9.17) is 14.2 Å². The third-order valence-electron chi connectivity index (χ3n) is 11.1. The van der Waals surface area contributed by atoms with Crippen LogP contribution in [0.4, 0.5) is 0 Å². The van der Waals surface area contributed by atoms with Gasteiger partial charge in [0.15, 0.2) is 6.10 Å². The van der Waals surface area contributed by atoms with Crippen molar-refractivity contribution >= 4 is 17.9 Å². The molecule has 0 bridgehead atoms. The number of hydrogen-bond donors (Lipinski definition) is 0. The summed E-state index contributed by atoms with van der Waals surface area (Å²) in [5.41, 5.74) is 0. The molecule has 0 aliphatic carbocycles. The van der Waals surface area contributed by atoms with Gasteiger partial charge in [-0.2, -0.15) is 0 Å². The summed E-state index contributed by atoms with van der Waals surface area (Å²) < 4.78 is 16.8. The monoisotopic (exact) mass is 903 g/mol. The highest BCUT2D eigenvalue weighted by Crippen LogP contribution is 2.14. The van der Waals surface area contributed by atoms with E-state index < -0.39 is 6.10 Å². The Balaban J connectivity index is 4.48. The summed E-state index contributed by atoms with van der Waals surface area (Å²) in [4.78, 5) is 38.0. The molecule has 0 spiro atoms. The lowest BCUT2D eigenvalue weighted by molar-refractivity contribution is -0.167. The minimum Gasteiger partial charge on any atom is -0.462 e. The first-order valence-electron chi connectivity index (χ1n) is 26.7. The number of allylic oxidation sites excluding steroid dienone is 16. The molecule has 0 N–H and O–H groups in total. The second-order valence-electron chi connectivity index (χ2n) is 17.4. The lowest BCUT2D eigenvalue weighted by Crippen LogP contribution is -2.30. The fourth-order valence-electron chi connectivity index (χ4n) is 7.09. The molecule has 0 saturated heterocycles. The summed E-state index contributed by atoms with van der Waals surface area (Å²) >= 11 is 0. The topological polar surface area (TPSA) is 78.9 Å². The molecule has 65 heavy (non-hydrogen) atoms. The molecule has 0 amide bonds.